The zero-order valence-electron chi connectivity index (χ0n) is 12.9. The van der Waals surface area contributed by atoms with Crippen LogP contribution >= 0.6 is 24.0 Å². The van der Waals surface area contributed by atoms with Gasteiger partial charge in [-0.1, -0.05) is 12.1 Å². The number of amides is 1. The molecule has 1 amide bonds. The van der Waals surface area contributed by atoms with Crippen LogP contribution in [0.3, 0.4) is 0 Å². The largest absolute Gasteiger partial charge is 0.370 e. The molecule has 128 valence electrons. The second-order valence-corrected chi connectivity index (χ2v) is 4.76. The molecule has 24 heavy (non-hydrogen) atoms. The Labute approximate surface area is 156 Å². The molecule has 2 aromatic rings. The summed E-state index contributed by atoms with van der Waals surface area (Å²) >= 11 is 0. The minimum Gasteiger partial charge on any atom is -0.370 e. The number of halogens is 2. The van der Waals surface area contributed by atoms with Gasteiger partial charge in [-0.05, 0) is 30.3 Å². The van der Waals surface area contributed by atoms with Crippen LogP contribution in [-0.4, -0.2) is 29.9 Å². The highest BCUT2D eigenvalue weighted by molar-refractivity contribution is 14.0. The fourth-order valence-corrected chi connectivity index (χ4v) is 1.84. The maximum atomic E-state index is 13.0. The molecule has 0 atom stereocenters. The van der Waals surface area contributed by atoms with Gasteiger partial charge in [0.1, 0.15) is 12.4 Å². The predicted octanol–water partition coefficient (Wildman–Crippen LogP) is 1.92. The van der Waals surface area contributed by atoms with Gasteiger partial charge < -0.3 is 16.4 Å². The van der Waals surface area contributed by atoms with Gasteiger partial charge in [-0.3, -0.25) is 9.78 Å². The third-order valence-electron chi connectivity index (χ3n) is 2.91. The molecule has 1 heterocycles. The predicted molar refractivity (Wildman–Crippen MR) is 103 cm³/mol. The van der Waals surface area contributed by atoms with Crippen LogP contribution in [0.2, 0.25) is 0 Å². The van der Waals surface area contributed by atoms with Gasteiger partial charge in [-0.2, -0.15) is 0 Å². The number of benzene rings is 1. The first-order chi connectivity index (χ1) is 11.1. The monoisotopic (exact) mass is 443 g/mol. The van der Waals surface area contributed by atoms with Crippen LogP contribution in [0.15, 0.2) is 53.7 Å². The van der Waals surface area contributed by atoms with Crippen molar-refractivity contribution in [1.29, 1.82) is 0 Å². The third-order valence-corrected chi connectivity index (χ3v) is 2.91. The van der Waals surface area contributed by atoms with Gasteiger partial charge in [0.05, 0.1) is 0 Å². The number of nitrogens with one attached hydrogen (secondary N) is 2. The van der Waals surface area contributed by atoms with Crippen molar-refractivity contribution in [2.24, 2.45) is 10.7 Å². The lowest BCUT2D eigenvalue weighted by molar-refractivity contribution is -0.114. The van der Waals surface area contributed by atoms with Gasteiger partial charge in [0.2, 0.25) is 5.91 Å². The van der Waals surface area contributed by atoms with Gasteiger partial charge in [-0.25, -0.2) is 9.38 Å². The first kappa shape index (κ1) is 19.8. The molecule has 2 rings (SSSR count). The second kappa shape index (κ2) is 10.5. The molecular formula is C16H19FIN5O. The molecule has 1 aromatic carbocycles. The van der Waals surface area contributed by atoms with Gasteiger partial charge in [0, 0.05) is 30.5 Å². The Morgan fingerprint density at radius 2 is 2.08 bits per heavy atom. The molecule has 0 fully saturated rings. The molecule has 1 aromatic heterocycles. The summed E-state index contributed by atoms with van der Waals surface area (Å²) in [5.41, 5.74) is 7.00. The molecule has 6 nitrogen and oxygen atoms in total. The third kappa shape index (κ3) is 7.36. The lowest BCUT2D eigenvalue weighted by Crippen LogP contribution is -2.34. The number of nitrogens with zero attached hydrogens (tertiary/aromatic N) is 2. The fraction of sp³-hybridized carbons (Fsp3) is 0.188. The second-order valence-electron chi connectivity index (χ2n) is 4.76. The molecule has 0 saturated carbocycles. The van der Waals surface area contributed by atoms with E-state index in [0.717, 1.165) is 5.69 Å². The molecule has 0 unspecified atom stereocenters. The maximum Gasteiger partial charge on any atom is 0.246 e. The number of pyridine rings is 1. The van der Waals surface area contributed by atoms with E-state index in [1.165, 1.54) is 18.2 Å². The summed E-state index contributed by atoms with van der Waals surface area (Å²) in [6.07, 6.45) is 2.43. The number of aliphatic imine (C=N–C) groups is 1. The number of guanidine groups is 1. The highest BCUT2D eigenvalue weighted by Gasteiger charge is 2.02. The van der Waals surface area contributed by atoms with E-state index in [1.807, 2.05) is 18.2 Å². The Hall–Kier alpha value is -2.23. The van der Waals surface area contributed by atoms with Crippen LogP contribution in [0, 0.1) is 5.82 Å². The standard InChI is InChI=1S/C16H18FN5O.HI/c17-12-4-3-6-14(10-12)22-15(23)11-21-16(18)20-9-7-13-5-1-2-8-19-13;/h1-6,8,10H,7,9,11H2,(H,22,23)(H3,18,20,21);1H. The molecule has 0 aliphatic carbocycles. The van der Waals surface area contributed by atoms with E-state index in [1.54, 1.807) is 12.3 Å². The van der Waals surface area contributed by atoms with Crippen molar-refractivity contribution >= 4 is 41.5 Å². The first-order valence-electron chi connectivity index (χ1n) is 7.12. The van der Waals surface area contributed by atoms with Crippen LogP contribution < -0.4 is 16.4 Å². The number of rotatable bonds is 6. The molecule has 0 aliphatic heterocycles. The van der Waals surface area contributed by atoms with Crippen molar-refractivity contribution in [3.63, 3.8) is 0 Å². The van der Waals surface area contributed by atoms with E-state index < -0.39 is 5.82 Å². The summed E-state index contributed by atoms with van der Waals surface area (Å²) in [4.78, 5) is 19.8. The summed E-state index contributed by atoms with van der Waals surface area (Å²) in [5.74, 6) is -0.609. The highest BCUT2D eigenvalue weighted by Crippen LogP contribution is 2.08. The van der Waals surface area contributed by atoms with E-state index in [2.05, 4.69) is 20.6 Å². The number of nitrogens with two attached hydrogens (primary N) is 1. The van der Waals surface area contributed by atoms with E-state index in [0.29, 0.717) is 18.7 Å². The number of carbonyl (C=O) groups excluding carboxylic acids is 1. The molecule has 4 N–H and O–H groups in total. The van der Waals surface area contributed by atoms with E-state index in [4.69, 9.17) is 5.73 Å². The van der Waals surface area contributed by atoms with Crippen LogP contribution in [0.4, 0.5) is 10.1 Å². The van der Waals surface area contributed by atoms with Crippen molar-refractivity contribution in [2.75, 3.05) is 18.4 Å². The summed E-state index contributed by atoms with van der Waals surface area (Å²) in [5, 5.41) is 5.45. The minimum atomic E-state index is -0.415. The molecule has 0 bridgehead atoms. The van der Waals surface area contributed by atoms with Crippen molar-refractivity contribution < 1.29 is 9.18 Å². The van der Waals surface area contributed by atoms with Gasteiger partial charge in [0.15, 0.2) is 5.96 Å². The molecule has 0 spiro atoms. The maximum absolute atomic E-state index is 13.0. The van der Waals surface area contributed by atoms with Crippen molar-refractivity contribution in [1.82, 2.24) is 10.3 Å². The van der Waals surface area contributed by atoms with Crippen molar-refractivity contribution in [3.8, 4) is 0 Å². The average molecular weight is 443 g/mol. The molecule has 0 saturated heterocycles. The molecule has 8 heteroatoms. The van der Waals surface area contributed by atoms with Crippen LogP contribution in [0.25, 0.3) is 0 Å². The fourth-order valence-electron chi connectivity index (χ4n) is 1.84. The van der Waals surface area contributed by atoms with Crippen molar-refractivity contribution in [3.05, 3.63) is 60.2 Å². The number of anilines is 1. The topological polar surface area (TPSA) is 92.4 Å². The number of hydrogen-bond donors (Lipinski definition) is 3. The summed E-state index contributed by atoms with van der Waals surface area (Å²) in [6, 6.07) is 11.3. The van der Waals surface area contributed by atoms with Crippen LogP contribution in [-0.2, 0) is 11.2 Å². The lowest BCUT2D eigenvalue weighted by Gasteiger charge is -2.06. The van der Waals surface area contributed by atoms with E-state index in [-0.39, 0.29) is 42.4 Å². The smallest absolute Gasteiger partial charge is 0.246 e. The Bertz CT molecular complexity index is 681. The molecule has 0 radical (unpaired) electrons. The molecular weight excluding hydrogens is 424 g/mol. The van der Waals surface area contributed by atoms with Crippen LogP contribution in [0.1, 0.15) is 5.69 Å². The van der Waals surface area contributed by atoms with E-state index >= 15 is 0 Å². The Morgan fingerprint density at radius 3 is 2.79 bits per heavy atom. The molecule has 0 aliphatic rings. The zero-order valence-corrected chi connectivity index (χ0v) is 15.2. The average Bonchev–Trinajstić information content (AvgIpc) is 2.54. The number of aromatic nitrogens is 1. The van der Waals surface area contributed by atoms with Gasteiger partial charge in [0.25, 0.3) is 0 Å². The number of carbonyl (C=O) groups is 1. The lowest BCUT2D eigenvalue weighted by atomic mass is 10.3. The Balaban J connectivity index is 0.00000288. The van der Waals surface area contributed by atoms with Gasteiger partial charge in [-0.15, -0.1) is 24.0 Å². The highest BCUT2D eigenvalue weighted by atomic mass is 127. The minimum absolute atomic E-state index is 0. The quantitative estimate of drug-likeness (QED) is 0.362. The van der Waals surface area contributed by atoms with Crippen LogP contribution in [0.5, 0.6) is 0 Å². The van der Waals surface area contributed by atoms with E-state index in [9.17, 15) is 9.18 Å². The summed E-state index contributed by atoms with van der Waals surface area (Å²) in [7, 11) is 0. The first-order valence-corrected chi connectivity index (χ1v) is 7.12. The van der Waals surface area contributed by atoms with Crippen molar-refractivity contribution in [2.45, 2.75) is 6.42 Å². The zero-order chi connectivity index (χ0) is 16.5. The Kier molecular flexibility index (Phi) is 8.69. The normalized spacial score (nSPS) is 10.6. The summed E-state index contributed by atoms with van der Waals surface area (Å²) in [6.45, 7) is 0.427. The SMILES string of the molecule is I.NC(=NCC(=O)Nc1cccc(F)c1)NCCc1ccccn1. The number of hydrogen-bond acceptors (Lipinski definition) is 3. The summed E-state index contributed by atoms with van der Waals surface area (Å²) < 4.78 is 13.0. The van der Waals surface area contributed by atoms with Gasteiger partial charge >= 0.3 is 0 Å². The Morgan fingerprint density at radius 1 is 1.25 bits per heavy atom.